The van der Waals surface area contributed by atoms with Crippen LogP contribution < -0.4 is 5.32 Å². The molecule has 2 aliphatic heterocycles. The largest absolute Gasteiger partial charge is 0.379 e. The summed E-state index contributed by atoms with van der Waals surface area (Å²) in [6.45, 7) is 3.30. The Kier molecular flexibility index (Phi) is 4.10. The molecule has 0 bridgehead atoms. The van der Waals surface area contributed by atoms with E-state index in [1.54, 1.807) is 0 Å². The molecule has 1 unspecified atom stereocenters. The van der Waals surface area contributed by atoms with E-state index in [1.807, 2.05) is 17.7 Å². The molecule has 1 saturated heterocycles. The monoisotopic (exact) mass is 317 g/mol. The van der Waals surface area contributed by atoms with E-state index in [-0.39, 0.29) is 6.17 Å². The second kappa shape index (κ2) is 5.81. The smallest absolute Gasteiger partial charge is 0.136 e. The zero-order chi connectivity index (χ0) is 13.2. The number of rotatable bonds is 2. The molecular weight excluding hydrogens is 305 g/mol. The van der Waals surface area contributed by atoms with Gasteiger partial charge in [0.05, 0.1) is 18.2 Å². The molecule has 0 radical (unpaired) electrons. The summed E-state index contributed by atoms with van der Waals surface area (Å²) in [5.41, 5.74) is 0.860. The fourth-order valence-electron chi connectivity index (χ4n) is 2.10. The summed E-state index contributed by atoms with van der Waals surface area (Å²) in [7, 11) is 0. The fraction of sp³-hybridized carbons (Fsp3) is 0.417. The molecule has 1 aromatic rings. The maximum absolute atomic E-state index is 6.18. The van der Waals surface area contributed by atoms with Crippen LogP contribution in [0, 0.1) is 0 Å². The first kappa shape index (κ1) is 13.4. The molecule has 0 spiro atoms. The Hall–Kier alpha value is -0.590. The van der Waals surface area contributed by atoms with Crippen LogP contribution in [0.5, 0.6) is 0 Å². The summed E-state index contributed by atoms with van der Waals surface area (Å²) in [6.07, 6.45) is 3.98. The molecule has 4 nitrogen and oxygen atoms in total. The zero-order valence-electron chi connectivity index (χ0n) is 10.1. The summed E-state index contributed by atoms with van der Waals surface area (Å²) in [5, 5.41) is 5.62. The first-order valence-electron chi connectivity index (χ1n) is 6.01. The van der Waals surface area contributed by atoms with Crippen molar-refractivity contribution in [1.29, 1.82) is 0 Å². The minimum absolute atomic E-state index is 0.0369. The van der Waals surface area contributed by atoms with E-state index in [9.17, 15) is 0 Å². The molecule has 0 aromatic carbocycles. The molecule has 0 amide bonds. The molecule has 1 fully saturated rings. The van der Waals surface area contributed by atoms with Crippen molar-refractivity contribution in [3.8, 4) is 0 Å². The lowest BCUT2D eigenvalue weighted by atomic mass is 10.2. The van der Waals surface area contributed by atoms with Crippen molar-refractivity contribution in [3.05, 3.63) is 32.6 Å². The number of nitrogens with one attached hydrogen (secondary N) is 1. The lowest BCUT2D eigenvalue weighted by Gasteiger charge is -2.32. The Morgan fingerprint density at radius 3 is 2.84 bits per heavy atom. The third kappa shape index (κ3) is 2.80. The highest BCUT2D eigenvalue weighted by atomic mass is 35.5. The maximum atomic E-state index is 6.18. The van der Waals surface area contributed by atoms with Crippen LogP contribution in [0.15, 0.2) is 22.6 Å². The van der Waals surface area contributed by atoms with Gasteiger partial charge in [0.2, 0.25) is 0 Å². The molecule has 1 N–H and O–H groups in total. The third-order valence-electron chi connectivity index (χ3n) is 3.11. The number of nitrogens with zero attached hydrogens (tertiary/aromatic N) is 2. The maximum Gasteiger partial charge on any atom is 0.136 e. The van der Waals surface area contributed by atoms with Crippen molar-refractivity contribution < 1.29 is 4.74 Å². The summed E-state index contributed by atoms with van der Waals surface area (Å²) in [5.74, 6) is 0.771. The summed E-state index contributed by atoms with van der Waals surface area (Å²) in [4.78, 5) is 6.98. The number of aliphatic imine (C=N–C) groups is 1. The van der Waals surface area contributed by atoms with Crippen LogP contribution >= 0.6 is 34.5 Å². The van der Waals surface area contributed by atoms with E-state index in [0.717, 1.165) is 37.7 Å². The minimum atomic E-state index is 0.0369. The average Bonchev–Trinajstić information content (AvgIpc) is 2.80. The van der Waals surface area contributed by atoms with Gasteiger partial charge in [0.25, 0.3) is 0 Å². The minimum Gasteiger partial charge on any atom is -0.379 e. The number of hydrogen-bond donors (Lipinski definition) is 1. The molecule has 102 valence electrons. The van der Waals surface area contributed by atoms with E-state index in [4.69, 9.17) is 32.9 Å². The second-order valence-electron chi connectivity index (χ2n) is 4.28. The van der Waals surface area contributed by atoms with Gasteiger partial charge in [-0.15, -0.1) is 11.3 Å². The Morgan fingerprint density at radius 2 is 2.16 bits per heavy atom. The SMILES string of the molecule is Clc1scc(C2=NC(N3CCOCC3)C=CN2)c1Cl. The zero-order valence-corrected chi connectivity index (χ0v) is 12.4. The second-order valence-corrected chi connectivity index (χ2v) is 6.14. The van der Waals surface area contributed by atoms with E-state index >= 15 is 0 Å². The number of amidine groups is 1. The van der Waals surface area contributed by atoms with Gasteiger partial charge in [-0.3, -0.25) is 4.90 Å². The van der Waals surface area contributed by atoms with Gasteiger partial charge in [0.1, 0.15) is 16.3 Å². The fourth-order valence-corrected chi connectivity index (χ4v) is 3.34. The molecule has 7 heteroatoms. The normalized spacial score (nSPS) is 24.1. The highest BCUT2D eigenvalue weighted by Gasteiger charge is 2.22. The summed E-state index contributed by atoms with van der Waals surface area (Å²) in [6, 6.07) is 0. The molecule has 1 aromatic heterocycles. The molecule has 19 heavy (non-hydrogen) atoms. The van der Waals surface area contributed by atoms with Crippen LogP contribution in [0.25, 0.3) is 0 Å². The van der Waals surface area contributed by atoms with Gasteiger partial charge in [0.15, 0.2) is 0 Å². The lowest BCUT2D eigenvalue weighted by molar-refractivity contribution is 0.0268. The van der Waals surface area contributed by atoms with Gasteiger partial charge < -0.3 is 10.1 Å². The van der Waals surface area contributed by atoms with Gasteiger partial charge in [-0.1, -0.05) is 23.2 Å². The van der Waals surface area contributed by atoms with Gasteiger partial charge in [0, 0.05) is 30.2 Å². The highest BCUT2D eigenvalue weighted by molar-refractivity contribution is 7.15. The summed E-state index contributed by atoms with van der Waals surface area (Å²) < 4.78 is 5.95. The van der Waals surface area contributed by atoms with Crippen molar-refractivity contribution >= 4 is 40.4 Å². The van der Waals surface area contributed by atoms with Gasteiger partial charge in [-0.25, -0.2) is 4.99 Å². The Bertz CT molecular complexity index is 523. The molecule has 2 aliphatic rings. The van der Waals surface area contributed by atoms with E-state index < -0.39 is 0 Å². The van der Waals surface area contributed by atoms with Crippen molar-refractivity contribution in [2.45, 2.75) is 6.17 Å². The number of morpholine rings is 1. The van der Waals surface area contributed by atoms with Crippen LogP contribution in [0.4, 0.5) is 0 Å². The first-order valence-corrected chi connectivity index (χ1v) is 7.65. The third-order valence-corrected chi connectivity index (χ3v) is 4.94. The predicted octanol–water partition coefficient (Wildman–Crippen LogP) is 2.58. The van der Waals surface area contributed by atoms with Crippen LogP contribution in [0.3, 0.4) is 0 Å². The number of halogens is 2. The van der Waals surface area contributed by atoms with E-state index in [2.05, 4.69) is 10.2 Å². The average molecular weight is 318 g/mol. The highest BCUT2D eigenvalue weighted by Crippen LogP contribution is 2.33. The summed E-state index contributed by atoms with van der Waals surface area (Å²) >= 11 is 13.6. The topological polar surface area (TPSA) is 36.9 Å². The van der Waals surface area contributed by atoms with Crippen LogP contribution in [0.1, 0.15) is 5.56 Å². The Morgan fingerprint density at radius 1 is 1.37 bits per heavy atom. The molecule has 1 atom stereocenters. The first-order chi connectivity index (χ1) is 9.25. The standard InChI is InChI=1S/C12H13Cl2N3OS/c13-10-8(7-19-11(10)14)12-15-2-1-9(16-12)17-3-5-18-6-4-17/h1-2,7,9H,3-6H2,(H,15,16). The van der Waals surface area contributed by atoms with Gasteiger partial charge >= 0.3 is 0 Å². The number of hydrogen-bond acceptors (Lipinski definition) is 5. The Labute approximate surface area is 125 Å². The number of ether oxygens (including phenoxy) is 1. The van der Waals surface area contributed by atoms with E-state index in [1.165, 1.54) is 11.3 Å². The van der Waals surface area contributed by atoms with Crippen LogP contribution in [-0.4, -0.2) is 43.2 Å². The van der Waals surface area contributed by atoms with Crippen molar-refractivity contribution in [2.24, 2.45) is 4.99 Å². The van der Waals surface area contributed by atoms with E-state index in [0.29, 0.717) is 9.36 Å². The van der Waals surface area contributed by atoms with Gasteiger partial charge in [-0.2, -0.15) is 0 Å². The lowest BCUT2D eigenvalue weighted by Crippen LogP contribution is -2.44. The number of thiophene rings is 1. The predicted molar refractivity (Wildman–Crippen MR) is 79.3 cm³/mol. The van der Waals surface area contributed by atoms with Crippen molar-refractivity contribution in [3.63, 3.8) is 0 Å². The molecular formula is C12H13Cl2N3OS. The molecule has 3 heterocycles. The molecule has 0 saturated carbocycles. The van der Waals surface area contributed by atoms with Gasteiger partial charge in [-0.05, 0) is 6.08 Å². The van der Waals surface area contributed by atoms with Crippen LogP contribution in [-0.2, 0) is 4.74 Å². The van der Waals surface area contributed by atoms with Crippen molar-refractivity contribution in [1.82, 2.24) is 10.2 Å². The molecule has 3 rings (SSSR count). The quantitative estimate of drug-likeness (QED) is 0.911. The molecule has 0 aliphatic carbocycles. The Balaban J connectivity index is 1.82. The van der Waals surface area contributed by atoms with Crippen molar-refractivity contribution in [2.75, 3.05) is 26.3 Å². The van der Waals surface area contributed by atoms with Crippen LogP contribution in [0.2, 0.25) is 9.36 Å².